The normalized spacial score (nSPS) is 17.1. The molecule has 0 bridgehead atoms. The average molecular weight is 227 g/mol. The van der Waals surface area contributed by atoms with Gasteiger partial charge in [0.1, 0.15) is 5.54 Å². The quantitative estimate of drug-likeness (QED) is 0.802. The number of aromatic nitrogens is 2. The predicted octanol–water partition coefficient (Wildman–Crippen LogP) is 1.79. The second kappa shape index (κ2) is 5.41. The molecule has 0 aromatic carbocycles. The van der Waals surface area contributed by atoms with Gasteiger partial charge in [0.25, 0.3) is 0 Å². The molecule has 92 valence electrons. The van der Waals surface area contributed by atoms with Crippen LogP contribution in [0.15, 0.2) is 4.52 Å². The third kappa shape index (κ3) is 3.02. The minimum atomic E-state index is -0.689. The van der Waals surface area contributed by atoms with Gasteiger partial charge in [-0.15, -0.1) is 0 Å². The van der Waals surface area contributed by atoms with E-state index in [9.17, 15) is 0 Å². The van der Waals surface area contributed by atoms with Gasteiger partial charge < -0.3 is 15.0 Å². The van der Waals surface area contributed by atoms with Gasteiger partial charge in [-0.3, -0.25) is 0 Å². The zero-order chi connectivity index (χ0) is 12.2. The van der Waals surface area contributed by atoms with Crippen molar-refractivity contribution >= 4 is 0 Å². The summed E-state index contributed by atoms with van der Waals surface area (Å²) < 4.78 is 10.5. The fourth-order valence-electron chi connectivity index (χ4n) is 1.22. The highest BCUT2D eigenvalue weighted by Crippen LogP contribution is 2.20. The van der Waals surface area contributed by atoms with Gasteiger partial charge in [-0.05, 0) is 20.3 Å². The molecule has 0 aliphatic rings. The van der Waals surface area contributed by atoms with Gasteiger partial charge in [-0.25, -0.2) is 0 Å². The Kier molecular flexibility index (Phi) is 4.44. The lowest BCUT2D eigenvalue weighted by atomic mass is 10.0. The van der Waals surface area contributed by atoms with Crippen molar-refractivity contribution < 1.29 is 9.26 Å². The molecule has 0 aliphatic heterocycles. The average Bonchev–Trinajstić information content (AvgIpc) is 2.75. The molecule has 0 amide bonds. The largest absolute Gasteiger partial charge is 0.379 e. The Hall–Kier alpha value is -0.940. The molecule has 0 spiro atoms. The molecule has 16 heavy (non-hydrogen) atoms. The molecule has 0 radical (unpaired) electrons. The Morgan fingerprint density at radius 2 is 2.19 bits per heavy atom. The van der Waals surface area contributed by atoms with Crippen LogP contribution in [0.5, 0.6) is 0 Å². The van der Waals surface area contributed by atoms with E-state index in [1.165, 1.54) is 0 Å². The molecule has 2 atom stereocenters. The maximum Gasteiger partial charge on any atom is 0.229 e. The SMILES string of the molecule is CCOCC(C)(N)c1noc(C(C)CC)n1. The molecule has 5 heteroatoms. The summed E-state index contributed by atoms with van der Waals surface area (Å²) >= 11 is 0. The topological polar surface area (TPSA) is 74.2 Å². The molecule has 1 aromatic heterocycles. The first-order valence-corrected chi connectivity index (χ1v) is 5.72. The Morgan fingerprint density at radius 1 is 1.50 bits per heavy atom. The van der Waals surface area contributed by atoms with Crippen molar-refractivity contribution in [3.05, 3.63) is 11.7 Å². The van der Waals surface area contributed by atoms with Crippen LogP contribution >= 0.6 is 0 Å². The van der Waals surface area contributed by atoms with E-state index in [-0.39, 0.29) is 5.92 Å². The number of nitrogens with zero attached hydrogens (tertiary/aromatic N) is 2. The van der Waals surface area contributed by atoms with E-state index < -0.39 is 5.54 Å². The second-order valence-electron chi connectivity index (χ2n) is 4.32. The summed E-state index contributed by atoms with van der Waals surface area (Å²) in [5.74, 6) is 1.42. The Bertz CT molecular complexity index is 323. The highest BCUT2D eigenvalue weighted by atomic mass is 16.5. The van der Waals surface area contributed by atoms with Gasteiger partial charge in [0.15, 0.2) is 5.82 Å². The Labute approximate surface area is 96.4 Å². The summed E-state index contributed by atoms with van der Waals surface area (Å²) in [4.78, 5) is 4.32. The maximum atomic E-state index is 6.07. The van der Waals surface area contributed by atoms with E-state index in [1.807, 2.05) is 20.8 Å². The zero-order valence-electron chi connectivity index (χ0n) is 10.5. The first kappa shape index (κ1) is 13.1. The summed E-state index contributed by atoms with van der Waals surface area (Å²) in [6.07, 6.45) is 0.967. The van der Waals surface area contributed by atoms with Crippen LogP contribution in [0, 0.1) is 0 Å². The van der Waals surface area contributed by atoms with Gasteiger partial charge in [0.05, 0.1) is 6.61 Å². The molecule has 5 nitrogen and oxygen atoms in total. The fraction of sp³-hybridized carbons (Fsp3) is 0.818. The third-order valence-electron chi connectivity index (χ3n) is 2.59. The van der Waals surface area contributed by atoms with Crippen molar-refractivity contribution in [3.63, 3.8) is 0 Å². The van der Waals surface area contributed by atoms with E-state index in [0.29, 0.717) is 24.9 Å². The van der Waals surface area contributed by atoms with Crippen molar-refractivity contribution in [2.24, 2.45) is 5.73 Å². The van der Waals surface area contributed by atoms with E-state index in [4.69, 9.17) is 15.0 Å². The zero-order valence-corrected chi connectivity index (χ0v) is 10.5. The van der Waals surface area contributed by atoms with Crippen LogP contribution in [0.3, 0.4) is 0 Å². The van der Waals surface area contributed by atoms with E-state index in [2.05, 4.69) is 17.1 Å². The summed E-state index contributed by atoms with van der Waals surface area (Å²) in [5, 5.41) is 3.92. The van der Waals surface area contributed by atoms with Gasteiger partial charge in [0.2, 0.25) is 5.89 Å². The van der Waals surface area contributed by atoms with Crippen molar-refractivity contribution in [3.8, 4) is 0 Å². The van der Waals surface area contributed by atoms with Gasteiger partial charge in [0, 0.05) is 12.5 Å². The first-order valence-electron chi connectivity index (χ1n) is 5.72. The molecule has 0 aliphatic carbocycles. The molecule has 1 aromatic rings. The molecule has 1 rings (SSSR count). The highest BCUT2D eigenvalue weighted by molar-refractivity contribution is 5.03. The minimum Gasteiger partial charge on any atom is -0.379 e. The first-order chi connectivity index (χ1) is 7.51. The molecule has 1 heterocycles. The number of hydrogen-bond donors (Lipinski definition) is 1. The summed E-state index contributed by atoms with van der Waals surface area (Å²) in [7, 11) is 0. The predicted molar refractivity (Wildman–Crippen MR) is 61.0 cm³/mol. The summed E-state index contributed by atoms with van der Waals surface area (Å²) in [6, 6.07) is 0. The molecular weight excluding hydrogens is 206 g/mol. The van der Waals surface area contributed by atoms with Gasteiger partial charge in [-0.1, -0.05) is 19.0 Å². The molecule has 2 unspecified atom stereocenters. The molecule has 0 fully saturated rings. The molecular formula is C11H21N3O2. The summed E-state index contributed by atoms with van der Waals surface area (Å²) in [6.45, 7) is 8.92. The minimum absolute atomic E-state index is 0.268. The van der Waals surface area contributed by atoms with Crippen molar-refractivity contribution in [1.82, 2.24) is 10.1 Å². The van der Waals surface area contributed by atoms with Crippen LogP contribution in [0.25, 0.3) is 0 Å². The molecule has 2 N–H and O–H groups in total. The lowest BCUT2D eigenvalue weighted by molar-refractivity contribution is 0.0962. The van der Waals surface area contributed by atoms with Crippen LogP contribution in [-0.4, -0.2) is 23.4 Å². The smallest absolute Gasteiger partial charge is 0.229 e. The van der Waals surface area contributed by atoms with Gasteiger partial charge >= 0.3 is 0 Å². The third-order valence-corrected chi connectivity index (χ3v) is 2.59. The lowest BCUT2D eigenvalue weighted by Crippen LogP contribution is -2.39. The van der Waals surface area contributed by atoms with Crippen LogP contribution in [0.4, 0.5) is 0 Å². The van der Waals surface area contributed by atoms with E-state index >= 15 is 0 Å². The fourth-order valence-corrected chi connectivity index (χ4v) is 1.22. The molecule has 0 saturated heterocycles. The van der Waals surface area contributed by atoms with Crippen molar-refractivity contribution in [1.29, 1.82) is 0 Å². The lowest BCUT2D eigenvalue weighted by Gasteiger charge is -2.19. The standard InChI is InChI=1S/C11H21N3O2/c1-5-8(3)9-13-10(14-16-9)11(4,12)7-15-6-2/h8H,5-7,12H2,1-4H3. The number of hydrogen-bond acceptors (Lipinski definition) is 5. The highest BCUT2D eigenvalue weighted by Gasteiger charge is 2.28. The van der Waals surface area contributed by atoms with Crippen molar-refractivity contribution in [2.75, 3.05) is 13.2 Å². The number of rotatable bonds is 6. The van der Waals surface area contributed by atoms with Crippen LogP contribution < -0.4 is 5.73 Å². The molecule has 0 saturated carbocycles. The second-order valence-corrected chi connectivity index (χ2v) is 4.32. The number of ether oxygens (including phenoxy) is 1. The van der Waals surface area contributed by atoms with Crippen molar-refractivity contribution in [2.45, 2.75) is 45.6 Å². The van der Waals surface area contributed by atoms with Crippen LogP contribution in [0.1, 0.15) is 51.7 Å². The van der Waals surface area contributed by atoms with Crippen LogP contribution in [0.2, 0.25) is 0 Å². The van der Waals surface area contributed by atoms with E-state index in [1.54, 1.807) is 0 Å². The Morgan fingerprint density at radius 3 is 2.75 bits per heavy atom. The number of nitrogens with two attached hydrogens (primary N) is 1. The maximum absolute atomic E-state index is 6.07. The van der Waals surface area contributed by atoms with E-state index in [0.717, 1.165) is 6.42 Å². The van der Waals surface area contributed by atoms with Crippen LogP contribution in [-0.2, 0) is 10.3 Å². The monoisotopic (exact) mass is 227 g/mol. The summed E-state index contributed by atoms with van der Waals surface area (Å²) in [5.41, 5.74) is 5.38. The Balaban J connectivity index is 2.76. The van der Waals surface area contributed by atoms with Gasteiger partial charge in [-0.2, -0.15) is 4.98 Å².